The molecule has 0 heterocycles. The minimum atomic E-state index is -0.321. The molecule has 19 heavy (non-hydrogen) atoms. The molecule has 104 valence electrons. The molecule has 1 rings (SSSR count). The third kappa shape index (κ3) is 6.55. The number of rotatable bonds is 7. The van der Waals surface area contributed by atoms with Crippen molar-refractivity contribution in [3.63, 3.8) is 0 Å². The Morgan fingerprint density at radius 1 is 1.26 bits per heavy atom. The van der Waals surface area contributed by atoms with E-state index in [1.807, 2.05) is 0 Å². The van der Waals surface area contributed by atoms with E-state index in [2.05, 4.69) is 5.32 Å². The van der Waals surface area contributed by atoms with E-state index >= 15 is 0 Å². The number of halogens is 1. The average molecular weight is 267 g/mol. The van der Waals surface area contributed by atoms with Gasteiger partial charge in [0.2, 0.25) is 5.91 Å². The Kier molecular flexibility index (Phi) is 6.57. The van der Waals surface area contributed by atoms with E-state index in [1.165, 1.54) is 12.1 Å². The molecule has 0 atom stereocenters. The second-order valence-electron chi connectivity index (χ2n) is 4.06. The van der Waals surface area contributed by atoms with Crippen molar-refractivity contribution in [1.29, 1.82) is 0 Å². The third-order valence-corrected chi connectivity index (χ3v) is 2.46. The maximum absolute atomic E-state index is 12.7. The second-order valence-corrected chi connectivity index (χ2v) is 4.06. The molecule has 0 spiro atoms. The number of benzene rings is 1. The standard InChI is InChI=1S/C14H18FNO3/c1-2-19-14(18)4-3-9-16-13(17)10-11-5-7-12(15)8-6-11/h5-8H,2-4,9-10H2,1H3,(H,16,17). The molecular formula is C14H18FNO3. The van der Waals surface area contributed by atoms with Crippen molar-refractivity contribution < 1.29 is 18.7 Å². The van der Waals surface area contributed by atoms with Gasteiger partial charge in [-0.05, 0) is 31.0 Å². The monoisotopic (exact) mass is 267 g/mol. The summed E-state index contributed by atoms with van der Waals surface area (Å²) >= 11 is 0. The number of esters is 1. The van der Waals surface area contributed by atoms with Crippen LogP contribution in [0, 0.1) is 5.82 Å². The molecule has 1 aromatic rings. The third-order valence-electron chi connectivity index (χ3n) is 2.46. The molecule has 1 amide bonds. The maximum Gasteiger partial charge on any atom is 0.305 e. The molecule has 1 aromatic carbocycles. The quantitative estimate of drug-likeness (QED) is 0.605. The molecule has 1 N–H and O–H groups in total. The minimum Gasteiger partial charge on any atom is -0.466 e. The highest BCUT2D eigenvalue weighted by molar-refractivity contribution is 5.78. The summed E-state index contributed by atoms with van der Waals surface area (Å²) in [6, 6.07) is 5.80. The fraction of sp³-hybridized carbons (Fsp3) is 0.429. The van der Waals surface area contributed by atoms with E-state index in [1.54, 1.807) is 19.1 Å². The van der Waals surface area contributed by atoms with Gasteiger partial charge in [0, 0.05) is 13.0 Å². The van der Waals surface area contributed by atoms with Gasteiger partial charge >= 0.3 is 5.97 Å². The minimum absolute atomic E-state index is 0.143. The van der Waals surface area contributed by atoms with E-state index in [0.717, 1.165) is 5.56 Å². The van der Waals surface area contributed by atoms with Gasteiger partial charge in [-0.3, -0.25) is 9.59 Å². The van der Waals surface area contributed by atoms with Crippen molar-refractivity contribution in [2.75, 3.05) is 13.2 Å². The van der Waals surface area contributed by atoms with Gasteiger partial charge < -0.3 is 10.1 Å². The highest BCUT2D eigenvalue weighted by Crippen LogP contribution is 2.03. The SMILES string of the molecule is CCOC(=O)CCCNC(=O)Cc1ccc(F)cc1. The summed E-state index contributed by atoms with van der Waals surface area (Å²) in [5, 5.41) is 2.70. The van der Waals surface area contributed by atoms with Gasteiger partial charge in [0.15, 0.2) is 0 Å². The van der Waals surface area contributed by atoms with Crippen LogP contribution in [0.2, 0.25) is 0 Å². The van der Waals surface area contributed by atoms with Gasteiger partial charge in [-0.15, -0.1) is 0 Å². The normalized spacial score (nSPS) is 10.0. The van der Waals surface area contributed by atoms with Crippen LogP contribution in [0.1, 0.15) is 25.3 Å². The van der Waals surface area contributed by atoms with Crippen molar-refractivity contribution in [2.45, 2.75) is 26.2 Å². The number of hydrogen-bond donors (Lipinski definition) is 1. The summed E-state index contributed by atoms with van der Waals surface area (Å²) in [4.78, 5) is 22.6. The summed E-state index contributed by atoms with van der Waals surface area (Å²) in [6.45, 7) is 2.55. The summed E-state index contributed by atoms with van der Waals surface area (Å²) in [5.74, 6) is -0.718. The summed E-state index contributed by atoms with van der Waals surface area (Å²) < 4.78 is 17.4. The zero-order valence-corrected chi connectivity index (χ0v) is 10.9. The fourth-order valence-corrected chi connectivity index (χ4v) is 1.54. The molecule has 0 unspecified atom stereocenters. The molecule has 4 nitrogen and oxygen atoms in total. The number of nitrogens with one attached hydrogen (secondary N) is 1. The van der Waals surface area contributed by atoms with Crippen LogP contribution >= 0.6 is 0 Å². The van der Waals surface area contributed by atoms with Gasteiger partial charge in [-0.1, -0.05) is 12.1 Å². The van der Waals surface area contributed by atoms with Crippen LogP contribution in [-0.4, -0.2) is 25.0 Å². The highest BCUT2D eigenvalue weighted by atomic mass is 19.1. The van der Waals surface area contributed by atoms with Crippen molar-refractivity contribution in [2.24, 2.45) is 0 Å². The molecule has 0 aliphatic carbocycles. The molecule has 5 heteroatoms. The molecule has 0 bridgehead atoms. The van der Waals surface area contributed by atoms with Gasteiger partial charge in [0.1, 0.15) is 5.82 Å². The van der Waals surface area contributed by atoms with Gasteiger partial charge in [0.25, 0.3) is 0 Å². The van der Waals surface area contributed by atoms with Crippen LogP contribution in [0.3, 0.4) is 0 Å². The molecule has 0 radical (unpaired) electrons. The molecule has 0 aliphatic rings. The van der Waals surface area contributed by atoms with Crippen LogP contribution in [0.5, 0.6) is 0 Å². The number of carbonyl (C=O) groups is 2. The van der Waals surface area contributed by atoms with Crippen molar-refractivity contribution in [1.82, 2.24) is 5.32 Å². The zero-order chi connectivity index (χ0) is 14.1. The fourth-order valence-electron chi connectivity index (χ4n) is 1.54. The average Bonchev–Trinajstić information content (AvgIpc) is 2.38. The van der Waals surface area contributed by atoms with Crippen LogP contribution < -0.4 is 5.32 Å². The first-order valence-corrected chi connectivity index (χ1v) is 6.28. The van der Waals surface area contributed by atoms with Gasteiger partial charge in [0.05, 0.1) is 13.0 Å². The molecule has 0 saturated carbocycles. The predicted molar refractivity (Wildman–Crippen MR) is 69.0 cm³/mol. The molecule has 0 aromatic heterocycles. The predicted octanol–water partition coefficient (Wildman–Crippen LogP) is 1.83. The van der Waals surface area contributed by atoms with Crippen molar-refractivity contribution in [3.05, 3.63) is 35.6 Å². The first kappa shape index (κ1) is 15.1. The van der Waals surface area contributed by atoms with E-state index in [4.69, 9.17) is 4.74 Å². The van der Waals surface area contributed by atoms with Crippen molar-refractivity contribution in [3.8, 4) is 0 Å². The maximum atomic E-state index is 12.7. The summed E-state index contributed by atoms with van der Waals surface area (Å²) in [7, 11) is 0. The van der Waals surface area contributed by atoms with Crippen molar-refractivity contribution >= 4 is 11.9 Å². The Morgan fingerprint density at radius 2 is 1.95 bits per heavy atom. The van der Waals surface area contributed by atoms with E-state index in [9.17, 15) is 14.0 Å². The number of carbonyl (C=O) groups excluding carboxylic acids is 2. The highest BCUT2D eigenvalue weighted by Gasteiger charge is 2.04. The number of amides is 1. The lowest BCUT2D eigenvalue weighted by atomic mass is 10.1. The number of hydrogen-bond acceptors (Lipinski definition) is 3. The topological polar surface area (TPSA) is 55.4 Å². The Bertz CT molecular complexity index is 417. The molecule has 0 saturated heterocycles. The Morgan fingerprint density at radius 3 is 2.58 bits per heavy atom. The summed E-state index contributed by atoms with van der Waals surface area (Å²) in [5.41, 5.74) is 0.754. The molecule has 0 fully saturated rings. The summed E-state index contributed by atoms with van der Waals surface area (Å²) in [6.07, 6.45) is 1.05. The Labute approximate surface area is 112 Å². The zero-order valence-electron chi connectivity index (χ0n) is 10.9. The van der Waals surface area contributed by atoms with E-state index < -0.39 is 0 Å². The molecule has 0 aliphatic heterocycles. The smallest absolute Gasteiger partial charge is 0.305 e. The van der Waals surface area contributed by atoms with Gasteiger partial charge in [-0.2, -0.15) is 0 Å². The first-order valence-electron chi connectivity index (χ1n) is 6.28. The van der Waals surface area contributed by atoms with Crippen LogP contribution in [0.4, 0.5) is 4.39 Å². The first-order chi connectivity index (χ1) is 9.11. The lowest BCUT2D eigenvalue weighted by Gasteiger charge is -2.05. The van der Waals surface area contributed by atoms with E-state index in [0.29, 0.717) is 26.0 Å². The van der Waals surface area contributed by atoms with Crippen LogP contribution in [0.15, 0.2) is 24.3 Å². The number of ether oxygens (including phenoxy) is 1. The lowest BCUT2D eigenvalue weighted by molar-refractivity contribution is -0.143. The Hall–Kier alpha value is -1.91. The van der Waals surface area contributed by atoms with Gasteiger partial charge in [-0.25, -0.2) is 4.39 Å². The van der Waals surface area contributed by atoms with Crippen LogP contribution in [0.25, 0.3) is 0 Å². The van der Waals surface area contributed by atoms with E-state index in [-0.39, 0.29) is 24.1 Å². The Balaban J connectivity index is 2.18. The second kappa shape index (κ2) is 8.24. The lowest BCUT2D eigenvalue weighted by Crippen LogP contribution is -2.26. The largest absolute Gasteiger partial charge is 0.466 e. The molecular weight excluding hydrogens is 249 g/mol. The van der Waals surface area contributed by atoms with Crippen LogP contribution in [-0.2, 0) is 20.7 Å².